The van der Waals surface area contributed by atoms with Crippen LogP contribution in [0.2, 0.25) is 0 Å². The number of likely N-dealkylation sites (N-methyl/N-ethyl adjacent to an activating group) is 1. The number of hydrogen-bond donors (Lipinski definition) is 3. The summed E-state index contributed by atoms with van der Waals surface area (Å²) in [5.74, 6) is -0.858. The van der Waals surface area contributed by atoms with Crippen molar-refractivity contribution in [1.29, 1.82) is 0 Å². The average molecular weight is 209 g/mol. The minimum absolute atomic E-state index is 0.00860. The number of aliphatic hydroxyl groups excluding tert-OH is 1. The molecular formula is C11H15NO3. The van der Waals surface area contributed by atoms with E-state index in [-0.39, 0.29) is 6.61 Å². The van der Waals surface area contributed by atoms with Crippen molar-refractivity contribution in [3.63, 3.8) is 0 Å². The van der Waals surface area contributed by atoms with E-state index in [0.717, 1.165) is 11.1 Å². The van der Waals surface area contributed by atoms with Crippen LogP contribution in [0.4, 0.5) is 0 Å². The molecule has 4 heteroatoms. The van der Waals surface area contributed by atoms with Crippen molar-refractivity contribution in [2.75, 3.05) is 7.05 Å². The number of carbonyl (C=O) groups is 1. The third kappa shape index (κ3) is 3.34. The molecule has 4 nitrogen and oxygen atoms in total. The largest absolute Gasteiger partial charge is 0.480 e. The summed E-state index contributed by atoms with van der Waals surface area (Å²) in [7, 11) is 1.63. The lowest BCUT2D eigenvalue weighted by molar-refractivity contribution is -0.139. The first-order valence-corrected chi connectivity index (χ1v) is 4.76. The Kier molecular flexibility index (Phi) is 4.27. The molecule has 1 rings (SSSR count). The van der Waals surface area contributed by atoms with Crippen molar-refractivity contribution in [3.8, 4) is 0 Å². The third-order valence-corrected chi connectivity index (χ3v) is 2.29. The molecular weight excluding hydrogens is 194 g/mol. The summed E-state index contributed by atoms with van der Waals surface area (Å²) >= 11 is 0. The topological polar surface area (TPSA) is 69.6 Å². The van der Waals surface area contributed by atoms with Gasteiger partial charge >= 0.3 is 5.97 Å². The number of aliphatic hydroxyl groups is 1. The lowest BCUT2D eigenvalue weighted by Gasteiger charge is -2.11. The zero-order valence-corrected chi connectivity index (χ0v) is 8.60. The van der Waals surface area contributed by atoms with E-state index in [1.54, 1.807) is 19.2 Å². The minimum atomic E-state index is -0.858. The molecule has 0 amide bonds. The Hall–Kier alpha value is -1.39. The molecule has 0 spiro atoms. The van der Waals surface area contributed by atoms with Crippen molar-refractivity contribution in [2.24, 2.45) is 0 Å². The van der Waals surface area contributed by atoms with Crippen LogP contribution < -0.4 is 5.32 Å². The Bertz CT molecular complexity index is 321. The summed E-state index contributed by atoms with van der Waals surface area (Å²) in [6, 6.07) is 6.69. The molecule has 0 fully saturated rings. The van der Waals surface area contributed by atoms with Gasteiger partial charge in [0.1, 0.15) is 6.04 Å². The van der Waals surface area contributed by atoms with Crippen LogP contribution in [0, 0.1) is 0 Å². The van der Waals surface area contributed by atoms with Crippen molar-refractivity contribution in [2.45, 2.75) is 19.1 Å². The summed E-state index contributed by atoms with van der Waals surface area (Å²) < 4.78 is 0. The van der Waals surface area contributed by atoms with Crippen LogP contribution in [0.25, 0.3) is 0 Å². The van der Waals surface area contributed by atoms with Crippen LogP contribution in [0.15, 0.2) is 24.3 Å². The summed E-state index contributed by atoms with van der Waals surface area (Å²) in [5, 5.41) is 20.4. The predicted octanol–water partition coefficient (Wildman–Crippen LogP) is 0.394. The van der Waals surface area contributed by atoms with Gasteiger partial charge in [0.05, 0.1) is 6.61 Å². The van der Waals surface area contributed by atoms with Gasteiger partial charge in [-0.3, -0.25) is 4.79 Å². The molecule has 1 aromatic rings. The lowest BCUT2D eigenvalue weighted by Crippen LogP contribution is -2.35. The molecule has 3 N–H and O–H groups in total. The van der Waals surface area contributed by atoms with Crippen LogP contribution in [0.5, 0.6) is 0 Å². The van der Waals surface area contributed by atoms with E-state index >= 15 is 0 Å². The zero-order chi connectivity index (χ0) is 11.3. The highest BCUT2D eigenvalue weighted by Crippen LogP contribution is 2.07. The van der Waals surface area contributed by atoms with E-state index < -0.39 is 12.0 Å². The fourth-order valence-corrected chi connectivity index (χ4v) is 1.33. The molecule has 1 atom stereocenters. The van der Waals surface area contributed by atoms with E-state index in [9.17, 15) is 4.79 Å². The second kappa shape index (κ2) is 5.48. The van der Waals surface area contributed by atoms with E-state index in [4.69, 9.17) is 10.2 Å². The molecule has 0 saturated heterocycles. The number of carboxylic acids is 1. The summed E-state index contributed by atoms with van der Waals surface area (Å²) in [5.41, 5.74) is 1.77. The number of benzene rings is 1. The number of hydrogen-bond acceptors (Lipinski definition) is 3. The average Bonchev–Trinajstić information content (AvgIpc) is 2.26. The van der Waals surface area contributed by atoms with Crippen LogP contribution in [0.1, 0.15) is 11.1 Å². The number of carboxylic acid groups (broad SMARTS) is 1. The molecule has 0 aromatic heterocycles. The smallest absolute Gasteiger partial charge is 0.321 e. The second-order valence-corrected chi connectivity index (χ2v) is 3.36. The van der Waals surface area contributed by atoms with Crippen molar-refractivity contribution < 1.29 is 15.0 Å². The van der Waals surface area contributed by atoms with E-state index in [1.165, 1.54) is 0 Å². The van der Waals surface area contributed by atoms with E-state index in [0.29, 0.717) is 6.42 Å². The molecule has 0 aliphatic rings. The second-order valence-electron chi connectivity index (χ2n) is 3.36. The van der Waals surface area contributed by atoms with Crippen LogP contribution in [-0.2, 0) is 17.8 Å². The maximum atomic E-state index is 10.8. The fourth-order valence-electron chi connectivity index (χ4n) is 1.33. The Labute approximate surface area is 88.6 Å². The molecule has 0 radical (unpaired) electrons. The Morgan fingerprint density at radius 1 is 1.33 bits per heavy atom. The van der Waals surface area contributed by atoms with Gasteiger partial charge in [-0.05, 0) is 24.6 Å². The summed E-state index contributed by atoms with van der Waals surface area (Å²) in [6.07, 6.45) is 0.442. The number of aliphatic carboxylic acids is 1. The quantitative estimate of drug-likeness (QED) is 0.656. The zero-order valence-electron chi connectivity index (χ0n) is 8.60. The van der Waals surface area contributed by atoms with Crippen LogP contribution in [-0.4, -0.2) is 29.3 Å². The van der Waals surface area contributed by atoms with E-state index in [2.05, 4.69) is 5.32 Å². The Morgan fingerprint density at radius 3 is 2.27 bits per heavy atom. The summed E-state index contributed by atoms with van der Waals surface area (Å²) in [4.78, 5) is 10.8. The van der Waals surface area contributed by atoms with Gasteiger partial charge in [-0.2, -0.15) is 0 Å². The number of rotatable bonds is 5. The van der Waals surface area contributed by atoms with Crippen molar-refractivity contribution in [1.82, 2.24) is 5.32 Å². The van der Waals surface area contributed by atoms with Crippen LogP contribution in [0.3, 0.4) is 0 Å². The molecule has 82 valence electrons. The van der Waals surface area contributed by atoms with Gasteiger partial charge in [-0.15, -0.1) is 0 Å². The highest BCUT2D eigenvalue weighted by molar-refractivity contribution is 5.73. The van der Waals surface area contributed by atoms with Gasteiger partial charge in [-0.25, -0.2) is 0 Å². The SMILES string of the molecule is CNC(Cc1ccc(CO)cc1)C(=O)O. The Morgan fingerprint density at radius 2 is 1.87 bits per heavy atom. The third-order valence-electron chi connectivity index (χ3n) is 2.29. The van der Waals surface area contributed by atoms with Crippen molar-refractivity contribution in [3.05, 3.63) is 35.4 Å². The maximum absolute atomic E-state index is 10.8. The van der Waals surface area contributed by atoms with Gasteiger partial charge in [0.2, 0.25) is 0 Å². The van der Waals surface area contributed by atoms with Gasteiger partial charge in [-0.1, -0.05) is 24.3 Å². The maximum Gasteiger partial charge on any atom is 0.321 e. The van der Waals surface area contributed by atoms with Crippen LogP contribution >= 0.6 is 0 Å². The molecule has 0 bridgehead atoms. The predicted molar refractivity (Wildman–Crippen MR) is 56.6 cm³/mol. The first kappa shape index (κ1) is 11.7. The first-order chi connectivity index (χ1) is 7.17. The highest BCUT2D eigenvalue weighted by Gasteiger charge is 2.14. The fraction of sp³-hybridized carbons (Fsp3) is 0.364. The van der Waals surface area contributed by atoms with Gasteiger partial charge in [0.25, 0.3) is 0 Å². The first-order valence-electron chi connectivity index (χ1n) is 4.76. The molecule has 15 heavy (non-hydrogen) atoms. The molecule has 1 aromatic carbocycles. The lowest BCUT2D eigenvalue weighted by atomic mass is 10.0. The molecule has 0 aliphatic heterocycles. The van der Waals surface area contributed by atoms with Gasteiger partial charge in [0, 0.05) is 0 Å². The van der Waals surface area contributed by atoms with Gasteiger partial charge in [0.15, 0.2) is 0 Å². The monoisotopic (exact) mass is 209 g/mol. The van der Waals surface area contributed by atoms with E-state index in [1.807, 2.05) is 12.1 Å². The summed E-state index contributed by atoms with van der Waals surface area (Å²) in [6.45, 7) is 0.00860. The van der Waals surface area contributed by atoms with Crippen molar-refractivity contribution >= 4 is 5.97 Å². The highest BCUT2D eigenvalue weighted by atomic mass is 16.4. The van der Waals surface area contributed by atoms with Gasteiger partial charge < -0.3 is 15.5 Å². The number of nitrogens with one attached hydrogen (secondary N) is 1. The Balaban J connectivity index is 2.67. The normalized spacial score (nSPS) is 12.4. The minimum Gasteiger partial charge on any atom is -0.480 e. The molecule has 0 heterocycles. The molecule has 0 saturated carbocycles. The standard InChI is InChI=1S/C11H15NO3/c1-12-10(11(14)15)6-8-2-4-9(7-13)5-3-8/h2-5,10,12-13H,6-7H2,1H3,(H,14,15). The molecule has 0 aliphatic carbocycles. The molecule has 1 unspecified atom stereocenters.